The average molecular weight is 263 g/mol. The minimum Gasteiger partial charge on any atom is -0.469 e. The van der Waals surface area contributed by atoms with Gasteiger partial charge < -0.3 is 15.0 Å². The number of pyridine rings is 1. The van der Waals surface area contributed by atoms with Crippen LogP contribution in [-0.2, 0) is 14.3 Å². The van der Waals surface area contributed by atoms with E-state index in [4.69, 9.17) is 0 Å². The number of methoxy groups -OCH3 is 1. The maximum absolute atomic E-state index is 11.7. The summed E-state index contributed by atoms with van der Waals surface area (Å²) in [6.45, 7) is 1.67. The molecule has 0 aliphatic carbocycles. The first-order chi connectivity index (χ1) is 9.20. The van der Waals surface area contributed by atoms with Crippen LogP contribution in [0, 0.1) is 5.92 Å². The Morgan fingerprint density at radius 2 is 2.26 bits per heavy atom. The fourth-order valence-corrected chi connectivity index (χ4v) is 2.12. The summed E-state index contributed by atoms with van der Waals surface area (Å²) in [5.41, 5.74) is 0.964. The van der Waals surface area contributed by atoms with Crippen LogP contribution >= 0.6 is 0 Å². The first kappa shape index (κ1) is 13.3. The summed E-state index contributed by atoms with van der Waals surface area (Å²) in [5.74, 6) is -0.622. The normalized spacial score (nSPS) is 18.5. The minimum atomic E-state index is -0.321. The lowest BCUT2D eigenvalue weighted by atomic mass is 10.1. The fraction of sp³-hybridized carbons (Fsp3) is 0.462. The molecule has 1 aliphatic heterocycles. The van der Waals surface area contributed by atoms with Crippen LogP contribution in [0.15, 0.2) is 24.5 Å². The highest BCUT2D eigenvalue weighted by molar-refractivity contribution is 5.86. The van der Waals surface area contributed by atoms with Crippen molar-refractivity contribution in [2.24, 2.45) is 5.92 Å². The molecule has 1 aromatic heterocycles. The molecule has 1 fully saturated rings. The summed E-state index contributed by atoms with van der Waals surface area (Å²) in [7, 11) is 1.35. The number of aromatic nitrogens is 1. The highest BCUT2D eigenvalue weighted by atomic mass is 16.5. The molecule has 0 radical (unpaired) electrons. The third-order valence-electron chi connectivity index (χ3n) is 3.14. The van der Waals surface area contributed by atoms with Crippen molar-refractivity contribution in [3.05, 3.63) is 24.5 Å². The van der Waals surface area contributed by atoms with Crippen LogP contribution in [0.5, 0.6) is 0 Å². The Hall–Kier alpha value is -2.11. The quantitative estimate of drug-likeness (QED) is 0.784. The van der Waals surface area contributed by atoms with E-state index in [9.17, 15) is 9.59 Å². The minimum absolute atomic E-state index is 0.00642. The van der Waals surface area contributed by atoms with E-state index < -0.39 is 0 Å². The van der Waals surface area contributed by atoms with Gasteiger partial charge in [-0.05, 0) is 12.1 Å². The van der Waals surface area contributed by atoms with Gasteiger partial charge in [-0.2, -0.15) is 0 Å². The number of nitrogens with one attached hydrogen (secondary N) is 1. The molecule has 1 amide bonds. The largest absolute Gasteiger partial charge is 0.469 e. The molecule has 102 valence electrons. The van der Waals surface area contributed by atoms with Crippen LogP contribution in [0.4, 0.5) is 5.69 Å². The number of rotatable bonds is 5. The molecule has 1 atom stereocenters. The van der Waals surface area contributed by atoms with Crippen molar-refractivity contribution in [3.8, 4) is 0 Å². The van der Waals surface area contributed by atoms with Crippen molar-refractivity contribution in [3.63, 3.8) is 0 Å². The summed E-state index contributed by atoms with van der Waals surface area (Å²) in [5, 5.41) is 3.20. The maximum atomic E-state index is 11.7. The smallest absolute Gasteiger partial charge is 0.310 e. The molecule has 0 saturated carbocycles. The fourth-order valence-electron chi connectivity index (χ4n) is 2.12. The van der Waals surface area contributed by atoms with E-state index in [0.29, 0.717) is 19.6 Å². The molecule has 6 nitrogen and oxygen atoms in total. The second-order valence-corrected chi connectivity index (χ2v) is 4.43. The number of hydrogen-bond donors (Lipinski definition) is 1. The zero-order chi connectivity index (χ0) is 13.7. The lowest BCUT2D eigenvalue weighted by Gasteiger charge is -2.16. The van der Waals surface area contributed by atoms with Crippen LogP contribution in [0.25, 0.3) is 0 Å². The molecule has 1 N–H and O–H groups in total. The van der Waals surface area contributed by atoms with Gasteiger partial charge in [0.05, 0.1) is 13.0 Å². The van der Waals surface area contributed by atoms with Crippen molar-refractivity contribution >= 4 is 17.6 Å². The van der Waals surface area contributed by atoms with Crippen LogP contribution in [0.1, 0.15) is 6.42 Å². The van der Waals surface area contributed by atoms with Gasteiger partial charge in [0.2, 0.25) is 5.91 Å². The average Bonchev–Trinajstić information content (AvgIpc) is 2.81. The SMILES string of the molecule is COC(=O)C1CC(=O)N(CCNc2ccncc2)C1. The number of ether oxygens (including phenoxy) is 1. The number of nitrogens with zero attached hydrogens (tertiary/aromatic N) is 2. The summed E-state index contributed by atoms with van der Waals surface area (Å²) in [6.07, 6.45) is 3.66. The van der Waals surface area contributed by atoms with Gasteiger partial charge in [0.15, 0.2) is 0 Å². The molecule has 0 bridgehead atoms. The van der Waals surface area contributed by atoms with Crippen molar-refractivity contribution in [1.82, 2.24) is 9.88 Å². The van der Waals surface area contributed by atoms with Gasteiger partial charge in [-0.3, -0.25) is 14.6 Å². The van der Waals surface area contributed by atoms with Gasteiger partial charge in [0.1, 0.15) is 0 Å². The topological polar surface area (TPSA) is 71.5 Å². The molecule has 1 unspecified atom stereocenters. The molecule has 0 spiro atoms. The highest BCUT2D eigenvalue weighted by Crippen LogP contribution is 2.18. The van der Waals surface area contributed by atoms with Crippen molar-refractivity contribution in [2.75, 3.05) is 32.1 Å². The number of anilines is 1. The van der Waals surface area contributed by atoms with Crippen LogP contribution in [-0.4, -0.2) is 48.5 Å². The van der Waals surface area contributed by atoms with E-state index in [1.807, 2.05) is 12.1 Å². The zero-order valence-corrected chi connectivity index (χ0v) is 10.8. The van der Waals surface area contributed by atoms with Gasteiger partial charge >= 0.3 is 5.97 Å². The number of amides is 1. The Morgan fingerprint density at radius 1 is 1.53 bits per heavy atom. The predicted molar refractivity (Wildman–Crippen MR) is 69.4 cm³/mol. The molecule has 0 aromatic carbocycles. The number of hydrogen-bond acceptors (Lipinski definition) is 5. The Balaban J connectivity index is 1.78. The predicted octanol–water partition coefficient (Wildman–Crippen LogP) is 0.515. The lowest BCUT2D eigenvalue weighted by molar-refractivity contribution is -0.145. The second-order valence-electron chi connectivity index (χ2n) is 4.43. The van der Waals surface area contributed by atoms with E-state index in [1.54, 1.807) is 17.3 Å². The monoisotopic (exact) mass is 263 g/mol. The number of likely N-dealkylation sites (tertiary alicyclic amines) is 1. The van der Waals surface area contributed by atoms with E-state index in [1.165, 1.54) is 7.11 Å². The van der Waals surface area contributed by atoms with Gasteiger partial charge in [0, 0.05) is 44.1 Å². The molecule has 1 saturated heterocycles. The summed E-state index contributed by atoms with van der Waals surface area (Å²) in [4.78, 5) is 28.7. The molecule has 1 aromatic rings. The molecule has 1 aliphatic rings. The number of esters is 1. The van der Waals surface area contributed by atoms with Gasteiger partial charge in [-0.15, -0.1) is 0 Å². The van der Waals surface area contributed by atoms with Crippen LogP contribution < -0.4 is 5.32 Å². The third kappa shape index (κ3) is 3.43. The third-order valence-corrected chi connectivity index (χ3v) is 3.14. The van der Waals surface area contributed by atoms with Gasteiger partial charge in [-0.25, -0.2) is 0 Å². The number of carbonyl (C=O) groups excluding carboxylic acids is 2. The molecular weight excluding hydrogens is 246 g/mol. The molecular formula is C13H17N3O3. The van der Waals surface area contributed by atoms with Crippen molar-refractivity contribution < 1.29 is 14.3 Å². The van der Waals surface area contributed by atoms with E-state index in [-0.39, 0.29) is 24.2 Å². The maximum Gasteiger partial charge on any atom is 0.310 e. The Morgan fingerprint density at radius 3 is 2.95 bits per heavy atom. The summed E-state index contributed by atoms with van der Waals surface area (Å²) < 4.78 is 4.66. The molecule has 2 rings (SSSR count). The Kier molecular flexibility index (Phi) is 4.33. The van der Waals surface area contributed by atoms with Crippen LogP contribution in [0.3, 0.4) is 0 Å². The Bertz CT molecular complexity index is 450. The zero-order valence-electron chi connectivity index (χ0n) is 10.8. The molecule has 2 heterocycles. The lowest BCUT2D eigenvalue weighted by Crippen LogP contribution is -2.31. The van der Waals surface area contributed by atoms with Crippen LogP contribution in [0.2, 0.25) is 0 Å². The Labute approximate surface area is 111 Å². The van der Waals surface area contributed by atoms with E-state index >= 15 is 0 Å². The van der Waals surface area contributed by atoms with Crippen molar-refractivity contribution in [1.29, 1.82) is 0 Å². The first-order valence-corrected chi connectivity index (χ1v) is 6.20. The van der Waals surface area contributed by atoms with Gasteiger partial charge in [-0.1, -0.05) is 0 Å². The van der Waals surface area contributed by atoms with Crippen molar-refractivity contribution in [2.45, 2.75) is 6.42 Å². The van der Waals surface area contributed by atoms with E-state index in [2.05, 4.69) is 15.0 Å². The number of carbonyl (C=O) groups is 2. The highest BCUT2D eigenvalue weighted by Gasteiger charge is 2.34. The first-order valence-electron chi connectivity index (χ1n) is 6.20. The van der Waals surface area contributed by atoms with E-state index in [0.717, 1.165) is 5.69 Å². The summed E-state index contributed by atoms with van der Waals surface area (Å²) in [6, 6.07) is 3.73. The van der Waals surface area contributed by atoms with Gasteiger partial charge in [0.25, 0.3) is 0 Å². The summed E-state index contributed by atoms with van der Waals surface area (Å²) >= 11 is 0. The second kappa shape index (κ2) is 6.17. The molecule has 6 heteroatoms. The standard InChI is InChI=1S/C13H17N3O3/c1-19-13(18)10-8-12(17)16(9-10)7-6-15-11-2-4-14-5-3-11/h2-5,10H,6-9H2,1H3,(H,14,15). The molecule has 19 heavy (non-hydrogen) atoms.